The van der Waals surface area contributed by atoms with Crippen molar-refractivity contribution in [1.82, 2.24) is 15.3 Å². The largest absolute Gasteiger partial charge is 0.364 e. The molecule has 1 aliphatic rings. The first-order valence-corrected chi connectivity index (χ1v) is 6.82. The highest BCUT2D eigenvalue weighted by Crippen LogP contribution is 2.29. The molecule has 5 heteroatoms. The van der Waals surface area contributed by atoms with E-state index in [2.05, 4.69) is 32.9 Å². The van der Waals surface area contributed by atoms with Crippen molar-refractivity contribution in [3.8, 4) is 0 Å². The average molecular weight is 248 g/mol. The average Bonchev–Trinajstić information content (AvgIpc) is 2.79. The number of hydrogen-bond acceptors (Lipinski definition) is 5. The number of thiophene rings is 1. The van der Waals surface area contributed by atoms with E-state index in [1.165, 1.54) is 0 Å². The maximum atomic E-state index is 4.39. The molecule has 3 rings (SSSR count). The summed E-state index contributed by atoms with van der Waals surface area (Å²) in [7, 11) is 0. The quantitative estimate of drug-likeness (QED) is 0.856. The summed E-state index contributed by atoms with van der Waals surface area (Å²) in [6.45, 7) is 4.42. The highest BCUT2D eigenvalue weighted by atomic mass is 32.1. The van der Waals surface area contributed by atoms with Gasteiger partial charge in [-0.2, -0.15) is 0 Å². The van der Waals surface area contributed by atoms with Crippen LogP contribution in [0, 0.1) is 0 Å². The van der Waals surface area contributed by atoms with E-state index in [1.807, 2.05) is 6.07 Å². The van der Waals surface area contributed by atoms with Gasteiger partial charge in [0.25, 0.3) is 0 Å². The minimum atomic E-state index is 0.149. The summed E-state index contributed by atoms with van der Waals surface area (Å²) in [5.74, 6) is 0.981. The smallest absolute Gasteiger partial charge is 0.147 e. The van der Waals surface area contributed by atoms with Gasteiger partial charge in [-0.05, 0) is 44.3 Å². The first-order valence-electron chi connectivity index (χ1n) is 5.94. The van der Waals surface area contributed by atoms with Gasteiger partial charge in [0, 0.05) is 5.54 Å². The van der Waals surface area contributed by atoms with Crippen molar-refractivity contribution in [1.29, 1.82) is 0 Å². The van der Waals surface area contributed by atoms with Gasteiger partial charge in [-0.1, -0.05) is 0 Å². The zero-order chi connectivity index (χ0) is 11.7. The van der Waals surface area contributed by atoms with Gasteiger partial charge in [-0.15, -0.1) is 11.3 Å². The van der Waals surface area contributed by atoms with Gasteiger partial charge in [-0.3, -0.25) is 0 Å². The molecule has 0 unspecified atom stereocenters. The maximum Gasteiger partial charge on any atom is 0.147 e. The molecule has 0 bridgehead atoms. The number of hydrogen-bond donors (Lipinski definition) is 2. The van der Waals surface area contributed by atoms with Crippen LogP contribution in [0.5, 0.6) is 0 Å². The molecule has 4 nitrogen and oxygen atoms in total. The van der Waals surface area contributed by atoms with E-state index in [4.69, 9.17) is 0 Å². The van der Waals surface area contributed by atoms with Crippen LogP contribution in [0.3, 0.4) is 0 Å². The lowest BCUT2D eigenvalue weighted by molar-refractivity contribution is 0.364. The number of aromatic nitrogens is 2. The molecule has 0 aliphatic carbocycles. The summed E-state index contributed by atoms with van der Waals surface area (Å²) < 4.78 is 1.16. The topological polar surface area (TPSA) is 49.8 Å². The fraction of sp³-hybridized carbons (Fsp3) is 0.500. The maximum absolute atomic E-state index is 4.39. The number of rotatable bonds is 2. The van der Waals surface area contributed by atoms with Crippen molar-refractivity contribution >= 4 is 27.4 Å². The Morgan fingerprint density at radius 3 is 3.00 bits per heavy atom. The molecule has 2 aromatic rings. The molecule has 1 aliphatic heterocycles. The summed E-state index contributed by atoms with van der Waals surface area (Å²) in [4.78, 5) is 8.65. The van der Waals surface area contributed by atoms with Crippen LogP contribution in [-0.2, 0) is 0 Å². The fourth-order valence-electron chi connectivity index (χ4n) is 2.27. The third kappa shape index (κ3) is 2.12. The molecule has 17 heavy (non-hydrogen) atoms. The Morgan fingerprint density at radius 1 is 1.35 bits per heavy atom. The third-order valence-corrected chi connectivity index (χ3v) is 4.28. The zero-order valence-electron chi connectivity index (χ0n) is 9.86. The third-order valence-electron chi connectivity index (χ3n) is 3.37. The van der Waals surface area contributed by atoms with Crippen molar-refractivity contribution < 1.29 is 0 Å². The number of fused-ring (bicyclic) bond motifs is 1. The number of piperidine rings is 1. The molecule has 2 aromatic heterocycles. The lowest BCUT2D eigenvalue weighted by atomic mass is 9.91. The number of nitrogens with one attached hydrogen (secondary N) is 2. The Bertz CT molecular complexity index is 516. The Morgan fingerprint density at radius 2 is 2.18 bits per heavy atom. The molecule has 0 saturated carbocycles. The molecular weight excluding hydrogens is 232 g/mol. The molecule has 0 aromatic carbocycles. The van der Waals surface area contributed by atoms with Gasteiger partial charge in [0.05, 0.1) is 10.2 Å². The molecule has 90 valence electrons. The molecule has 1 fully saturated rings. The van der Waals surface area contributed by atoms with Crippen molar-refractivity contribution in [3.05, 3.63) is 17.8 Å². The van der Waals surface area contributed by atoms with Crippen LogP contribution in [0.25, 0.3) is 10.2 Å². The van der Waals surface area contributed by atoms with E-state index in [0.29, 0.717) is 0 Å². The van der Waals surface area contributed by atoms with Gasteiger partial charge in [0.2, 0.25) is 0 Å². The van der Waals surface area contributed by atoms with E-state index in [1.54, 1.807) is 17.7 Å². The predicted octanol–water partition coefficient (Wildman–Crippen LogP) is 2.25. The van der Waals surface area contributed by atoms with Gasteiger partial charge in [0.15, 0.2) is 0 Å². The molecular formula is C12H16N4S. The molecule has 2 N–H and O–H groups in total. The second kappa shape index (κ2) is 4.23. The monoisotopic (exact) mass is 248 g/mol. The van der Waals surface area contributed by atoms with Gasteiger partial charge >= 0.3 is 0 Å². The van der Waals surface area contributed by atoms with Gasteiger partial charge < -0.3 is 10.6 Å². The van der Waals surface area contributed by atoms with E-state index in [0.717, 1.165) is 42.0 Å². The van der Waals surface area contributed by atoms with Crippen molar-refractivity contribution in [2.24, 2.45) is 0 Å². The summed E-state index contributed by atoms with van der Waals surface area (Å²) in [6.07, 6.45) is 3.90. The van der Waals surface area contributed by atoms with E-state index in [9.17, 15) is 0 Å². The van der Waals surface area contributed by atoms with Crippen LogP contribution in [0.4, 0.5) is 5.82 Å². The molecule has 1 saturated heterocycles. The summed E-state index contributed by atoms with van der Waals surface area (Å²) >= 11 is 1.70. The summed E-state index contributed by atoms with van der Waals surface area (Å²) in [5, 5.41) is 9.06. The Kier molecular flexibility index (Phi) is 2.72. The second-order valence-corrected chi connectivity index (χ2v) is 5.71. The molecule has 0 spiro atoms. The first kappa shape index (κ1) is 10.9. The minimum Gasteiger partial charge on any atom is -0.364 e. The standard InChI is InChI=1S/C12H16N4S/c1-12(3-5-13-6-4-12)16-11-10-9(2-7-17-10)14-8-15-11/h2,7-8,13H,3-6H2,1H3,(H,14,15,16). The van der Waals surface area contributed by atoms with E-state index < -0.39 is 0 Å². The van der Waals surface area contributed by atoms with Crippen molar-refractivity contribution in [2.75, 3.05) is 18.4 Å². The second-order valence-electron chi connectivity index (χ2n) is 4.79. The van der Waals surface area contributed by atoms with Crippen LogP contribution in [-0.4, -0.2) is 28.6 Å². The zero-order valence-corrected chi connectivity index (χ0v) is 10.7. The molecule has 0 radical (unpaired) electrons. The first-order chi connectivity index (χ1) is 8.27. The highest BCUT2D eigenvalue weighted by molar-refractivity contribution is 7.17. The summed E-state index contributed by atoms with van der Waals surface area (Å²) in [6, 6.07) is 2.04. The lowest BCUT2D eigenvalue weighted by Gasteiger charge is -2.35. The summed E-state index contributed by atoms with van der Waals surface area (Å²) in [5.41, 5.74) is 1.18. The Hall–Kier alpha value is -1.20. The van der Waals surface area contributed by atoms with Crippen LogP contribution >= 0.6 is 11.3 Å². The normalized spacial score (nSPS) is 19.4. The Labute approximate surface area is 104 Å². The number of anilines is 1. The van der Waals surface area contributed by atoms with E-state index in [-0.39, 0.29) is 5.54 Å². The molecule has 0 amide bonds. The minimum absolute atomic E-state index is 0.149. The van der Waals surface area contributed by atoms with Crippen LogP contribution < -0.4 is 10.6 Å². The van der Waals surface area contributed by atoms with Gasteiger partial charge in [-0.25, -0.2) is 9.97 Å². The van der Waals surface area contributed by atoms with Crippen LogP contribution in [0.2, 0.25) is 0 Å². The number of nitrogens with zero attached hydrogens (tertiary/aromatic N) is 2. The van der Waals surface area contributed by atoms with Crippen LogP contribution in [0.1, 0.15) is 19.8 Å². The van der Waals surface area contributed by atoms with Crippen molar-refractivity contribution in [2.45, 2.75) is 25.3 Å². The van der Waals surface area contributed by atoms with Crippen LogP contribution in [0.15, 0.2) is 17.8 Å². The van der Waals surface area contributed by atoms with Crippen molar-refractivity contribution in [3.63, 3.8) is 0 Å². The lowest BCUT2D eigenvalue weighted by Crippen LogP contribution is -2.45. The SMILES string of the molecule is CC1(Nc2ncnc3ccsc23)CCNCC1. The predicted molar refractivity (Wildman–Crippen MR) is 71.5 cm³/mol. The van der Waals surface area contributed by atoms with Gasteiger partial charge in [0.1, 0.15) is 12.1 Å². The fourth-order valence-corrected chi connectivity index (χ4v) is 3.06. The van der Waals surface area contributed by atoms with E-state index >= 15 is 0 Å². The highest BCUT2D eigenvalue weighted by Gasteiger charge is 2.27. The Balaban J connectivity index is 1.91. The molecule has 3 heterocycles. The molecule has 0 atom stereocenters.